The van der Waals surface area contributed by atoms with Gasteiger partial charge in [0.1, 0.15) is 18.6 Å². The molecule has 4 unspecified atom stereocenters. The van der Waals surface area contributed by atoms with Gasteiger partial charge in [-0.3, -0.25) is 28.8 Å². The summed E-state index contributed by atoms with van der Waals surface area (Å²) in [4.78, 5) is 69.6. The maximum absolute atomic E-state index is 12.6. The molecule has 0 saturated heterocycles. The van der Waals surface area contributed by atoms with E-state index in [9.17, 15) is 28.8 Å². The molecule has 0 radical (unpaired) electrons. The van der Waals surface area contributed by atoms with Gasteiger partial charge in [0, 0.05) is 6.42 Å². The van der Waals surface area contributed by atoms with E-state index in [1.807, 2.05) is 12.2 Å². The van der Waals surface area contributed by atoms with Crippen molar-refractivity contribution in [3.8, 4) is 0 Å². The summed E-state index contributed by atoms with van der Waals surface area (Å²) in [6.07, 6.45) is -0.822. The van der Waals surface area contributed by atoms with Gasteiger partial charge in [-0.05, 0) is 12.3 Å². The van der Waals surface area contributed by atoms with Gasteiger partial charge in [-0.15, -0.1) is 0 Å². The van der Waals surface area contributed by atoms with Crippen LogP contribution in [0.25, 0.3) is 0 Å². The molecule has 0 aromatic carbocycles. The van der Waals surface area contributed by atoms with Crippen LogP contribution in [0.3, 0.4) is 0 Å². The number of aliphatic carboxylic acids is 2. The normalized spacial score (nSPS) is 14.5. The highest BCUT2D eigenvalue weighted by atomic mass is 16.4. The van der Waals surface area contributed by atoms with Crippen molar-refractivity contribution < 1.29 is 39.0 Å². The van der Waals surface area contributed by atoms with E-state index < -0.39 is 73.1 Å². The number of rotatable bonds is 14. The summed E-state index contributed by atoms with van der Waals surface area (Å²) in [5.74, 6) is -6.34. The lowest BCUT2D eigenvalue weighted by atomic mass is 9.98. The summed E-state index contributed by atoms with van der Waals surface area (Å²) in [6.45, 7) is 2.79. The van der Waals surface area contributed by atoms with Gasteiger partial charge >= 0.3 is 11.9 Å². The third kappa shape index (κ3) is 10.4. The first-order valence-corrected chi connectivity index (χ1v) is 9.24. The SMILES string of the molecule is CCC(C)C(N)C(=O)NC(CCC(=O)O)C(=O)NC(CC(N)=O)C(=O)NCC(=O)O. The summed E-state index contributed by atoms with van der Waals surface area (Å²) in [7, 11) is 0. The molecule has 0 aromatic rings. The lowest BCUT2D eigenvalue weighted by Crippen LogP contribution is -2.57. The number of amides is 4. The minimum absolute atomic E-state index is 0.211. The molecular weight excluding hydrogens is 402 g/mol. The second kappa shape index (κ2) is 13.1. The van der Waals surface area contributed by atoms with Gasteiger partial charge in [0.2, 0.25) is 23.6 Å². The van der Waals surface area contributed by atoms with Gasteiger partial charge in [-0.25, -0.2) is 0 Å². The Morgan fingerprint density at radius 1 is 0.900 bits per heavy atom. The van der Waals surface area contributed by atoms with Crippen LogP contribution in [-0.4, -0.2) is 70.5 Å². The first kappa shape index (κ1) is 26.8. The van der Waals surface area contributed by atoms with Gasteiger partial charge in [0.15, 0.2) is 0 Å². The Morgan fingerprint density at radius 3 is 1.93 bits per heavy atom. The second-order valence-electron chi connectivity index (χ2n) is 6.75. The molecule has 30 heavy (non-hydrogen) atoms. The van der Waals surface area contributed by atoms with Crippen molar-refractivity contribution in [3.05, 3.63) is 0 Å². The fourth-order valence-electron chi connectivity index (χ4n) is 2.29. The zero-order valence-corrected chi connectivity index (χ0v) is 16.8. The Balaban J connectivity index is 5.37. The lowest BCUT2D eigenvalue weighted by Gasteiger charge is -2.24. The molecule has 0 aromatic heterocycles. The van der Waals surface area contributed by atoms with Crippen molar-refractivity contribution in [1.82, 2.24) is 16.0 Å². The molecule has 0 aliphatic carbocycles. The van der Waals surface area contributed by atoms with Crippen LogP contribution in [0.5, 0.6) is 0 Å². The van der Waals surface area contributed by atoms with Crippen LogP contribution < -0.4 is 27.4 Å². The molecule has 13 heteroatoms. The van der Waals surface area contributed by atoms with Gasteiger partial charge < -0.3 is 37.6 Å². The number of carbonyl (C=O) groups is 6. The third-order valence-corrected chi connectivity index (χ3v) is 4.29. The zero-order valence-electron chi connectivity index (χ0n) is 16.8. The zero-order chi connectivity index (χ0) is 23.4. The van der Waals surface area contributed by atoms with Crippen LogP contribution in [0.2, 0.25) is 0 Å². The highest BCUT2D eigenvalue weighted by Gasteiger charge is 2.30. The first-order valence-electron chi connectivity index (χ1n) is 9.24. The average Bonchev–Trinajstić information content (AvgIpc) is 2.66. The number of carboxylic acids is 2. The van der Waals surface area contributed by atoms with Crippen molar-refractivity contribution >= 4 is 35.6 Å². The van der Waals surface area contributed by atoms with Gasteiger partial charge in [0.25, 0.3) is 0 Å². The van der Waals surface area contributed by atoms with Crippen molar-refractivity contribution in [1.29, 1.82) is 0 Å². The molecule has 0 bridgehead atoms. The standard InChI is InChI=1S/C17H29N5O8/c1-3-8(2)14(19)17(30)21-9(4-5-12(24)25)16(29)22-10(6-11(18)23)15(28)20-7-13(26)27/h8-10,14H,3-7,19H2,1-2H3,(H2,18,23)(H,20,28)(H,21,30)(H,22,29)(H,24,25)(H,26,27). The van der Waals surface area contributed by atoms with Crippen molar-refractivity contribution in [2.75, 3.05) is 6.54 Å². The number of carbonyl (C=O) groups excluding carboxylic acids is 4. The van der Waals surface area contributed by atoms with Crippen LogP contribution in [0, 0.1) is 5.92 Å². The van der Waals surface area contributed by atoms with E-state index in [0.29, 0.717) is 6.42 Å². The van der Waals surface area contributed by atoms with E-state index in [-0.39, 0.29) is 12.3 Å². The van der Waals surface area contributed by atoms with Crippen molar-refractivity contribution in [2.45, 2.75) is 57.7 Å². The molecule has 0 fully saturated rings. The van der Waals surface area contributed by atoms with E-state index >= 15 is 0 Å². The third-order valence-electron chi connectivity index (χ3n) is 4.29. The number of hydrogen-bond donors (Lipinski definition) is 7. The summed E-state index contributed by atoms with van der Waals surface area (Å²) in [6, 6.07) is -3.82. The number of carboxylic acid groups (broad SMARTS) is 2. The first-order chi connectivity index (χ1) is 13.9. The Bertz CT molecular complexity index is 669. The predicted molar refractivity (Wildman–Crippen MR) is 103 cm³/mol. The highest BCUT2D eigenvalue weighted by Crippen LogP contribution is 2.07. The number of nitrogens with one attached hydrogen (secondary N) is 3. The fourth-order valence-corrected chi connectivity index (χ4v) is 2.29. The Morgan fingerprint density at radius 2 is 1.47 bits per heavy atom. The number of hydrogen-bond acceptors (Lipinski definition) is 7. The van der Waals surface area contributed by atoms with E-state index in [1.54, 1.807) is 6.92 Å². The van der Waals surface area contributed by atoms with Gasteiger partial charge in [0.05, 0.1) is 12.5 Å². The molecule has 0 spiro atoms. The lowest BCUT2D eigenvalue weighted by molar-refractivity contribution is -0.139. The average molecular weight is 431 g/mol. The van der Waals surface area contributed by atoms with Gasteiger partial charge in [-0.1, -0.05) is 20.3 Å². The van der Waals surface area contributed by atoms with E-state index in [2.05, 4.69) is 10.6 Å². The van der Waals surface area contributed by atoms with Crippen molar-refractivity contribution in [2.24, 2.45) is 17.4 Å². The molecule has 0 rings (SSSR count). The number of primary amides is 1. The Hall–Kier alpha value is -3.22. The van der Waals surface area contributed by atoms with Crippen LogP contribution in [-0.2, 0) is 28.8 Å². The Kier molecular flexibility index (Phi) is 11.7. The molecule has 0 aliphatic heterocycles. The van der Waals surface area contributed by atoms with Gasteiger partial charge in [-0.2, -0.15) is 0 Å². The highest BCUT2D eigenvalue weighted by molar-refractivity contribution is 5.95. The molecule has 0 saturated carbocycles. The molecule has 13 nitrogen and oxygen atoms in total. The summed E-state index contributed by atoms with van der Waals surface area (Å²) < 4.78 is 0. The van der Waals surface area contributed by atoms with Crippen LogP contribution in [0.15, 0.2) is 0 Å². The second-order valence-corrected chi connectivity index (χ2v) is 6.75. The minimum atomic E-state index is -1.51. The molecule has 4 amide bonds. The van der Waals surface area contributed by atoms with E-state index in [4.69, 9.17) is 21.7 Å². The fraction of sp³-hybridized carbons (Fsp3) is 0.647. The smallest absolute Gasteiger partial charge is 0.322 e. The largest absolute Gasteiger partial charge is 0.481 e. The number of nitrogens with two attached hydrogens (primary N) is 2. The maximum atomic E-state index is 12.6. The summed E-state index contributed by atoms with van der Waals surface area (Å²) in [5, 5.41) is 24.0. The minimum Gasteiger partial charge on any atom is -0.481 e. The quantitative estimate of drug-likeness (QED) is 0.151. The molecule has 170 valence electrons. The molecular formula is C17H29N5O8. The van der Waals surface area contributed by atoms with E-state index in [0.717, 1.165) is 0 Å². The van der Waals surface area contributed by atoms with Crippen LogP contribution >= 0.6 is 0 Å². The molecule has 0 aliphatic rings. The Labute approximate surface area is 172 Å². The maximum Gasteiger partial charge on any atom is 0.322 e. The summed E-state index contributed by atoms with van der Waals surface area (Å²) in [5.41, 5.74) is 10.9. The van der Waals surface area contributed by atoms with Crippen LogP contribution in [0.4, 0.5) is 0 Å². The topological polar surface area (TPSA) is 231 Å². The molecule has 9 N–H and O–H groups in total. The molecule has 0 heterocycles. The molecule has 4 atom stereocenters. The monoisotopic (exact) mass is 431 g/mol. The predicted octanol–water partition coefficient (Wildman–Crippen LogP) is -2.73. The van der Waals surface area contributed by atoms with Crippen LogP contribution in [0.1, 0.15) is 39.5 Å². The van der Waals surface area contributed by atoms with Crippen molar-refractivity contribution in [3.63, 3.8) is 0 Å². The summed E-state index contributed by atoms with van der Waals surface area (Å²) >= 11 is 0. The van der Waals surface area contributed by atoms with E-state index in [1.165, 1.54) is 0 Å².